The molecule has 0 fully saturated rings. The molecule has 0 bridgehead atoms. The molecule has 0 saturated carbocycles. The first-order chi connectivity index (χ1) is 10.8. The average Bonchev–Trinajstić information content (AvgIpc) is 2.53. The lowest BCUT2D eigenvalue weighted by molar-refractivity contribution is -0.146. The van der Waals surface area contributed by atoms with E-state index < -0.39 is 41.4 Å². The molecule has 0 aliphatic carbocycles. The normalized spacial score (nSPS) is 12.9. The van der Waals surface area contributed by atoms with Gasteiger partial charge in [0, 0.05) is 5.56 Å². The number of rotatable bonds is 6. The number of carbonyl (C=O) groups excluding carboxylic acids is 3. The zero-order valence-electron chi connectivity index (χ0n) is 12.9. The van der Waals surface area contributed by atoms with Crippen LogP contribution in [0.2, 0.25) is 0 Å². The summed E-state index contributed by atoms with van der Waals surface area (Å²) in [5, 5.41) is 2.35. The zero-order valence-corrected chi connectivity index (χ0v) is 12.9. The third-order valence-electron chi connectivity index (χ3n) is 3.21. The van der Waals surface area contributed by atoms with Gasteiger partial charge >= 0.3 is 11.9 Å². The second-order valence-electron chi connectivity index (χ2n) is 4.86. The molecule has 8 heteroatoms. The van der Waals surface area contributed by atoms with E-state index in [-0.39, 0.29) is 12.0 Å². The summed E-state index contributed by atoms with van der Waals surface area (Å²) < 4.78 is 35.2. The second-order valence-corrected chi connectivity index (χ2v) is 4.86. The minimum Gasteiger partial charge on any atom is -0.469 e. The fraction of sp³-hybridized carbons (Fsp3) is 0.400. The van der Waals surface area contributed by atoms with Gasteiger partial charge in [0.1, 0.15) is 6.04 Å². The Kier molecular flexibility index (Phi) is 6.62. The molecule has 0 radical (unpaired) electrons. The molecule has 1 aromatic rings. The molecule has 126 valence electrons. The van der Waals surface area contributed by atoms with Crippen molar-refractivity contribution in [2.45, 2.75) is 19.4 Å². The fourth-order valence-corrected chi connectivity index (χ4v) is 1.89. The summed E-state index contributed by atoms with van der Waals surface area (Å²) >= 11 is 0. The van der Waals surface area contributed by atoms with Crippen molar-refractivity contribution in [2.75, 3.05) is 14.2 Å². The van der Waals surface area contributed by atoms with Gasteiger partial charge in [-0.3, -0.25) is 9.59 Å². The molecule has 1 aromatic carbocycles. The Morgan fingerprint density at radius 3 is 2.30 bits per heavy atom. The number of halogens is 2. The minimum atomic E-state index is -1.19. The monoisotopic (exact) mass is 329 g/mol. The van der Waals surface area contributed by atoms with Crippen molar-refractivity contribution in [2.24, 2.45) is 5.92 Å². The molecule has 0 spiro atoms. The van der Waals surface area contributed by atoms with E-state index in [0.29, 0.717) is 6.07 Å². The van der Waals surface area contributed by atoms with Crippen LogP contribution < -0.4 is 5.32 Å². The van der Waals surface area contributed by atoms with E-state index in [1.165, 1.54) is 7.11 Å². The van der Waals surface area contributed by atoms with E-state index in [9.17, 15) is 23.2 Å². The van der Waals surface area contributed by atoms with Crippen LogP contribution in [0.3, 0.4) is 0 Å². The lowest BCUT2D eigenvalue weighted by Crippen LogP contribution is -2.46. The van der Waals surface area contributed by atoms with Crippen LogP contribution in [0.5, 0.6) is 0 Å². The van der Waals surface area contributed by atoms with Gasteiger partial charge in [-0.1, -0.05) is 6.92 Å². The smallest absolute Gasteiger partial charge is 0.328 e. The molecule has 23 heavy (non-hydrogen) atoms. The van der Waals surface area contributed by atoms with Crippen molar-refractivity contribution >= 4 is 17.8 Å². The van der Waals surface area contributed by atoms with Gasteiger partial charge < -0.3 is 14.8 Å². The molecular weight excluding hydrogens is 312 g/mol. The maximum Gasteiger partial charge on any atom is 0.328 e. The first kappa shape index (κ1) is 18.5. The maximum atomic E-state index is 13.2. The first-order valence-corrected chi connectivity index (χ1v) is 6.70. The van der Waals surface area contributed by atoms with Crippen LogP contribution in [0.1, 0.15) is 23.7 Å². The molecular formula is C15H17F2NO5. The third kappa shape index (κ3) is 5.01. The zero-order chi connectivity index (χ0) is 17.6. The fourth-order valence-electron chi connectivity index (χ4n) is 1.89. The molecule has 0 heterocycles. The highest BCUT2D eigenvalue weighted by molar-refractivity contribution is 5.97. The predicted molar refractivity (Wildman–Crippen MR) is 75.4 cm³/mol. The topological polar surface area (TPSA) is 81.7 Å². The summed E-state index contributed by atoms with van der Waals surface area (Å²) in [7, 11) is 2.33. The van der Waals surface area contributed by atoms with Gasteiger partial charge in [0.15, 0.2) is 11.6 Å². The SMILES string of the molecule is COC(=O)C[C@@H](C)[C@@H](NC(=O)c1ccc(F)c(F)c1)C(=O)OC. The van der Waals surface area contributed by atoms with E-state index in [0.717, 1.165) is 19.2 Å². The van der Waals surface area contributed by atoms with E-state index in [4.69, 9.17) is 0 Å². The van der Waals surface area contributed by atoms with Crippen molar-refractivity contribution in [1.82, 2.24) is 5.32 Å². The number of carbonyl (C=O) groups is 3. The summed E-state index contributed by atoms with van der Waals surface area (Å²) in [6, 6.07) is 1.45. The summed E-state index contributed by atoms with van der Waals surface area (Å²) in [6.45, 7) is 1.55. The molecule has 1 N–H and O–H groups in total. The molecule has 1 amide bonds. The third-order valence-corrected chi connectivity index (χ3v) is 3.21. The Bertz CT molecular complexity index is 606. The van der Waals surface area contributed by atoms with Crippen LogP contribution in [0.4, 0.5) is 8.78 Å². The average molecular weight is 329 g/mol. The van der Waals surface area contributed by atoms with Gasteiger partial charge in [0.05, 0.1) is 20.6 Å². The number of nitrogens with one attached hydrogen (secondary N) is 1. The molecule has 6 nitrogen and oxygen atoms in total. The van der Waals surface area contributed by atoms with Crippen LogP contribution in [0, 0.1) is 17.6 Å². The summed E-state index contributed by atoms with van der Waals surface area (Å²) in [5.74, 6) is -5.02. The second kappa shape index (κ2) is 8.21. The van der Waals surface area contributed by atoms with E-state index in [1.54, 1.807) is 6.92 Å². The van der Waals surface area contributed by atoms with E-state index in [2.05, 4.69) is 14.8 Å². The number of hydrogen-bond donors (Lipinski definition) is 1. The first-order valence-electron chi connectivity index (χ1n) is 6.70. The molecule has 1 rings (SSSR count). The molecule has 0 aromatic heterocycles. The quantitative estimate of drug-likeness (QED) is 0.799. The number of ether oxygens (including phenoxy) is 2. The Morgan fingerprint density at radius 2 is 1.78 bits per heavy atom. The number of esters is 2. The van der Waals surface area contributed by atoms with E-state index in [1.807, 2.05) is 0 Å². The summed E-state index contributed by atoms with van der Waals surface area (Å²) in [6.07, 6.45) is -0.131. The highest BCUT2D eigenvalue weighted by atomic mass is 19.2. The standard InChI is InChI=1S/C15H17F2NO5/c1-8(6-12(19)22-2)13(15(21)23-3)18-14(20)9-4-5-10(16)11(17)7-9/h4-5,7-8,13H,6H2,1-3H3,(H,18,20)/t8-,13-/m1/s1. The van der Waals surface area contributed by atoms with Gasteiger partial charge in [0.25, 0.3) is 5.91 Å². The molecule has 0 aliphatic rings. The van der Waals surface area contributed by atoms with Gasteiger partial charge in [-0.05, 0) is 24.1 Å². The van der Waals surface area contributed by atoms with Gasteiger partial charge in [-0.2, -0.15) is 0 Å². The molecule has 2 atom stereocenters. The highest BCUT2D eigenvalue weighted by Gasteiger charge is 2.30. The molecule has 0 saturated heterocycles. The Balaban J connectivity index is 2.91. The van der Waals surface area contributed by atoms with Crippen molar-refractivity contribution < 1.29 is 32.6 Å². The summed E-state index contributed by atoms with van der Waals surface area (Å²) in [5.41, 5.74) is -0.164. The largest absolute Gasteiger partial charge is 0.469 e. The number of methoxy groups -OCH3 is 2. The Morgan fingerprint density at radius 1 is 1.13 bits per heavy atom. The Labute approximate surface area is 131 Å². The minimum absolute atomic E-state index is 0.131. The van der Waals surface area contributed by atoms with Gasteiger partial charge in [0.2, 0.25) is 0 Å². The molecule has 0 unspecified atom stereocenters. The number of benzene rings is 1. The van der Waals surface area contributed by atoms with Crippen molar-refractivity contribution in [3.05, 3.63) is 35.4 Å². The van der Waals surface area contributed by atoms with Crippen molar-refractivity contribution in [1.29, 1.82) is 0 Å². The van der Waals surface area contributed by atoms with Crippen LogP contribution in [0.15, 0.2) is 18.2 Å². The Hall–Kier alpha value is -2.51. The summed E-state index contributed by atoms with van der Waals surface area (Å²) in [4.78, 5) is 35.2. The van der Waals surface area contributed by atoms with Crippen LogP contribution in [-0.4, -0.2) is 38.1 Å². The molecule has 0 aliphatic heterocycles. The maximum absolute atomic E-state index is 13.2. The van der Waals surface area contributed by atoms with E-state index >= 15 is 0 Å². The number of hydrogen-bond acceptors (Lipinski definition) is 5. The number of amides is 1. The van der Waals surface area contributed by atoms with Crippen LogP contribution >= 0.6 is 0 Å². The van der Waals surface area contributed by atoms with Crippen LogP contribution in [-0.2, 0) is 19.1 Å². The lowest BCUT2D eigenvalue weighted by atomic mass is 9.97. The van der Waals surface area contributed by atoms with Gasteiger partial charge in [-0.25, -0.2) is 13.6 Å². The lowest BCUT2D eigenvalue weighted by Gasteiger charge is -2.22. The van der Waals surface area contributed by atoms with Gasteiger partial charge in [-0.15, -0.1) is 0 Å². The van der Waals surface area contributed by atoms with Crippen LogP contribution in [0.25, 0.3) is 0 Å². The highest BCUT2D eigenvalue weighted by Crippen LogP contribution is 2.13. The van der Waals surface area contributed by atoms with Crippen molar-refractivity contribution in [3.8, 4) is 0 Å². The predicted octanol–water partition coefficient (Wildman–Crippen LogP) is 1.44. The van der Waals surface area contributed by atoms with Crippen molar-refractivity contribution in [3.63, 3.8) is 0 Å².